The van der Waals surface area contributed by atoms with E-state index in [-0.39, 0.29) is 11.8 Å². The van der Waals surface area contributed by atoms with Gasteiger partial charge in [0.2, 0.25) is 0 Å². The molecule has 1 heterocycles. The molecule has 2 amide bonds. The van der Waals surface area contributed by atoms with Gasteiger partial charge in [-0.05, 0) is 42.9 Å². The van der Waals surface area contributed by atoms with Gasteiger partial charge in [-0.3, -0.25) is 14.5 Å². The number of rotatable bonds is 9. The topological polar surface area (TPSA) is 37.4 Å². The van der Waals surface area contributed by atoms with Gasteiger partial charge in [-0.2, -0.15) is 11.8 Å². The van der Waals surface area contributed by atoms with Crippen LogP contribution >= 0.6 is 11.8 Å². The lowest BCUT2D eigenvalue weighted by Gasteiger charge is -2.13. The molecule has 1 aromatic rings. The SMILES string of the molecule is CCCSCCCCCCN1C(=O)c2ccccc2C1=O. The quantitative estimate of drug-likeness (QED) is 0.511. The van der Waals surface area contributed by atoms with Gasteiger partial charge in [0.1, 0.15) is 0 Å². The number of fused-ring (bicyclic) bond motifs is 1. The van der Waals surface area contributed by atoms with Crippen LogP contribution in [0.3, 0.4) is 0 Å². The van der Waals surface area contributed by atoms with Crippen LogP contribution in [0.2, 0.25) is 0 Å². The van der Waals surface area contributed by atoms with Crippen molar-refractivity contribution >= 4 is 23.6 Å². The molecule has 4 heteroatoms. The van der Waals surface area contributed by atoms with Crippen LogP contribution in [0, 0.1) is 0 Å². The maximum absolute atomic E-state index is 12.1. The lowest BCUT2D eigenvalue weighted by Crippen LogP contribution is -2.30. The number of imide groups is 1. The molecule has 0 aromatic heterocycles. The summed E-state index contributed by atoms with van der Waals surface area (Å²) in [6, 6.07) is 7.09. The fourth-order valence-corrected chi connectivity index (χ4v) is 3.42. The zero-order chi connectivity index (χ0) is 15.1. The van der Waals surface area contributed by atoms with E-state index in [1.165, 1.54) is 35.7 Å². The van der Waals surface area contributed by atoms with E-state index in [2.05, 4.69) is 6.92 Å². The van der Waals surface area contributed by atoms with Crippen LogP contribution in [0.25, 0.3) is 0 Å². The summed E-state index contributed by atoms with van der Waals surface area (Å²) in [4.78, 5) is 25.7. The summed E-state index contributed by atoms with van der Waals surface area (Å²) in [7, 11) is 0. The number of nitrogens with zero attached hydrogens (tertiary/aromatic N) is 1. The summed E-state index contributed by atoms with van der Waals surface area (Å²) in [5.74, 6) is 2.21. The second kappa shape index (κ2) is 8.23. The monoisotopic (exact) mass is 305 g/mol. The molecular weight excluding hydrogens is 282 g/mol. The Morgan fingerprint density at radius 2 is 1.52 bits per heavy atom. The zero-order valence-corrected chi connectivity index (χ0v) is 13.5. The van der Waals surface area contributed by atoms with Crippen LogP contribution in [-0.2, 0) is 0 Å². The first-order valence-corrected chi connectivity index (χ1v) is 8.94. The summed E-state index contributed by atoms with van der Waals surface area (Å²) in [5.41, 5.74) is 1.11. The van der Waals surface area contributed by atoms with E-state index in [1.54, 1.807) is 12.1 Å². The summed E-state index contributed by atoms with van der Waals surface area (Å²) < 4.78 is 0. The zero-order valence-electron chi connectivity index (χ0n) is 12.6. The van der Waals surface area contributed by atoms with E-state index in [4.69, 9.17) is 0 Å². The highest BCUT2D eigenvalue weighted by molar-refractivity contribution is 7.99. The highest BCUT2D eigenvalue weighted by atomic mass is 32.2. The van der Waals surface area contributed by atoms with E-state index in [0.29, 0.717) is 17.7 Å². The highest BCUT2D eigenvalue weighted by Crippen LogP contribution is 2.22. The lowest BCUT2D eigenvalue weighted by molar-refractivity contribution is 0.0651. The smallest absolute Gasteiger partial charge is 0.261 e. The van der Waals surface area contributed by atoms with Crippen LogP contribution in [0.1, 0.15) is 59.7 Å². The number of hydrogen-bond acceptors (Lipinski definition) is 3. The Morgan fingerprint density at radius 3 is 2.14 bits per heavy atom. The van der Waals surface area contributed by atoms with Gasteiger partial charge in [-0.15, -0.1) is 0 Å². The second-order valence-corrected chi connectivity index (χ2v) is 6.56. The van der Waals surface area contributed by atoms with Gasteiger partial charge < -0.3 is 0 Å². The Bertz CT molecular complexity index is 466. The Morgan fingerprint density at radius 1 is 0.905 bits per heavy atom. The molecule has 0 bridgehead atoms. The van der Waals surface area contributed by atoms with E-state index in [9.17, 15) is 9.59 Å². The van der Waals surface area contributed by atoms with Gasteiger partial charge in [0.25, 0.3) is 11.8 Å². The number of thioether (sulfide) groups is 1. The number of carbonyl (C=O) groups is 2. The number of unbranched alkanes of at least 4 members (excludes halogenated alkanes) is 3. The van der Waals surface area contributed by atoms with Crippen molar-refractivity contribution < 1.29 is 9.59 Å². The molecule has 0 spiro atoms. The number of carbonyl (C=O) groups excluding carboxylic acids is 2. The average molecular weight is 305 g/mol. The van der Waals surface area contributed by atoms with E-state index in [1.807, 2.05) is 23.9 Å². The first-order valence-electron chi connectivity index (χ1n) is 7.78. The van der Waals surface area contributed by atoms with Crippen LogP contribution < -0.4 is 0 Å². The van der Waals surface area contributed by atoms with E-state index < -0.39 is 0 Å². The second-order valence-electron chi connectivity index (χ2n) is 5.33. The van der Waals surface area contributed by atoms with Crippen LogP contribution in [0.5, 0.6) is 0 Å². The standard InChI is InChI=1S/C17H23NO2S/c1-2-12-21-13-8-4-3-7-11-18-16(19)14-9-5-6-10-15(14)17(18)20/h5-6,9-10H,2-4,7-8,11-13H2,1H3. The van der Waals surface area contributed by atoms with Crippen LogP contribution in [0.4, 0.5) is 0 Å². The number of amides is 2. The molecule has 0 unspecified atom stereocenters. The van der Waals surface area contributed by atoms with Crippen molar-refractivity contribution in [3.63, 3.8) is 0 Å². The molecule has 0 saturated heterocycles. The third-order valence-corrected chi connectivity index (χ3v) is 4.92. The fourth-order valence-electron chi connectivity index (χ4n) is 2.52. The van der Waals surface area contributed by atoms with Crippen molar-refractivity contribution in [1.82, 2.24) is 4.90 Å². The molecule has 0 saturated carbocycles. The third-order valence-electron chi connectivity index (χ3n) is 3.65. The fraction of sp³-hybridized carbons (Fsp3) is 0.529. The molecule has 1 aliphatic heterocycles. The molecule has 3 nitrogen and oxygen atoms in total. The molecule has 0 N–H and O–H groups in total. The summed E-state index contributed by atoms with van der Waals surface area (Å²) in [6.07, 6.45) is 5.64. The molecular formula is C17H23NO2S. The molecule has 1 aliphatic rings. The van der Waals surface area contributed by atoms with Crippen LogP contribution in [-0.4, -0.2) is 34.8 Å². The minimum Gasteiger partial charge on any atom is -0.274 e. The van der Waals surface area contributed by atoms with Gasteiger partial charge in [-0.25, -0.2) is 0 Å². The van der Waals surface area contributed by atoms with Gasteiger partial charge >= 0.3 is 0 Å². The lowest BCUT2D eigenvalue weighted by atomic mass is 10.1. The molecule has 2 rings (SSSR count). The maximum Gasteiger partial charge on any atom is 0.261 e. The Labute approximate surface area is 131 Å². The normalized spacial score (nSPS) is 13.9. The molecule has 0 aliphatic carbocycles. The number of benzene rings is 1. The van der Waals surface area contributed by atoms with E-state index in [0.717, 1.165) is 12.8 Å². The molecule has 1 aromatic carbocycles. The largest absolute Gasteiger partial charge is 0.274 e. The first kappa shape index (κ1) is 16.1. The minimum absolute atomic E-state index is 0.130. The van der Waals surface area contributed by atoms with Gasteiger partial charge in [0.05, 0.1) is 11.1 Å². The third kappa shape index (κ3) is 4.10. The van der Waals surface area contributed by atoms with E-state index >= 15 is 0 Å². The van der Waals surface area contributed by atoms with Gasteiger partial charge in [0.15, 0.2) is 0 Å². The van der Waals surface area contributed by atoms with Crippen molar-refractivity contribution in [3.8, 4) is 0 Å². The summed E-state index contributed by atoms with van der Waals surface area (Å²) in [5, 5.41) is 0. The average Bonchev–Trinajstić information content (AvgIpc) is 2.75. The predicted octanol–water partition coefficient (Wildman–Crippen LogP) is 3.99. The molecule has 0 atom stereocenters. The summed E-state index contributed by atoms with van der Waals surface area (Å²) in [6.45, 7) is 2.75. The van der Waals surface area contributed by atoms with Crippen molar-refractivity contribution in [3.05, 3.63) is 35.4 Å². The number of hydrogen-bond donors (Lipinski definition) is 0. The van der Waals surface area contributed by atoms with Gasteiger partial charge in [0, 0.05) is 6.54 Å². The predicted molar refractivity (Wildman–Crippen MR) is 87.9 cm³/mol. The first-order chi connectivity index (χ1) is 10.3. The summed E-state index contributed by atoms with van der Waals surface area (Å²) >= 11 is 2.01. The Kier molecular flexibility index (Phi) is 6.30. The van der Waals surface area contributed by atoms with Crippen molar-refractivity contribution in [2.75, 3.05) is 18.1 Å². The van der Waals surface area contributed by atoms with Gasteiger partial charge in [-0.1, -0.05) is 31.9 Å². The molecule has 0 fully saturated rings. The maximum atomic E-state index is 12.1. The van der Waals surface area contributed by atoms with Crippen molar-refractivity contribution in [2.24, 2.45) is 0 Å². The highest BCUT2D eigenvalue weighted by Gasteiger charge is 2.34. The molecule has 21 heavy (non-hydrogen) atoms. The van der Waals surface area contributed by atoms with Crippen LogP contribution in [0.15, 0.2) is 24.3 Å². The minimum atomic E-state index is -0.130. The van der Waals surface area contributed by atoms with Crippen molar-refractivity contribution in [1.29, 1.82) is 0 Å². The Hall–Kier alpha value is -1.29. The Balaban J connectivity index is 1.69. The molecule has 0 radical (unpaired) electrons. The van der Waals surface area contributed by atoms with Crippen molar-refractivity contribution in [2.45, 2.75) is 39.0 Å². The molecule has 114 valence electrons.